The Hall–Kier alpha value is -3.86. The van der Waals surface area contributed by atoms with Crippen molar-refractivity contribution in [1.82, 2.24) is 4.98 Å². The molecule has 4 aromatic rings. The van der Waals surface area contributed by atoms with Crippen LogP contribution in [-0.2, 0) is 22.4 Å². The van der Waals surface area contributed by atoms with Crippen molar-refractivity contribution in [2.45, 2.75) is 38.5 Å². The first-order valence-electron chi connectivity index (χ1n) is 12.6. The second-order valence-electron chi connectivity index (χ2n) is 9.17. The Bertz CT molecular complexity index is 1310. The number of benzene rings is 3. The van der Waals surface area contributed by atoms with E-state index in [0.29, 0.717) is 18.9 Å². The summed E-state index contributed by atoms with van der Waals surface area (Å²) in [7, 11) is 1.47. The zero-order valence-corrected chi connectivity index (χ0v) is 20.8. The number of oxazole rings is 1. The van der Waals surface area contributed by atoms with Gasteiger partial charge in [0.1, 0.15) is 5.75 Å². The fourth-order valence-corrected chi connectivity index (χ4v) is 5.21. The molecule has 5 heteroatoms. The van der Waals surface area contributed by atoms with Gasteiger partial charge in [-0.1, -0.05) is 61.5 Å². The highest BCUT2D eigenvalue weighted by Gasteiger charge is 2.34. The minimum absolute atomic E-state index is 0.0922. The SMILES string of the molecule is CCC(C(=O)OC)C1CCc2cc(OCCc3nc(-c4ccccc4)oc3-c3ccccc3)ccc21. The van der Waals surface area contributed by atoms with Gasteiger partial charge in [-0.05, 0) is 60.6 Å². The van der Waals surface area contributed by atoms with E-state index in [1.807, 2.05) is 73.7 Å². The van der Waals surface area contributed by atoms with E-state index in [-0.39, 0.29) is 17.8 Å². The van der Waals surface area contributed by atoms with Crippen molar-refractivity contribution in [1.29, 1.82) is 0 Å². The van der Waals surface area contributed by atoms with Gasteiger partial charge >= 0.3 is 5.97 Å². The molecule has 1 aliphatic rings. The molecule has 5 rings (SSSR count). The maximum Gasteiger partial charge on any atom is 0.309 e. The number of methoxy groups -OCH3 is 1. The maximum atomic E-state index is 12.2. The van der Waals surface area contributed by atoms with E-state index in [2.05, 4.69) is 12.1 Å². The molecule has 0 fully saturated rings. The van der Waals surface area contributed by atoms with E-state index >= 15 is 0 Å². The summed E-state index contributed by atoms with van der Waals surface area (Å²) in [5.74, 6) is 2.24. The molecule has 0 spiro atoms. The van der Waals surface area contributed by atoms with Crippen molar-refractivity contribution in [2.75, 3.05) is 13.7 Å². The average Bonchev–Trinajstić information content (AvgIpc) is 3.55. The van der Waals surface area contributed by atoms with E-state index < -0.39 is 0 Å². The molecule has 0 saturated heterocycles. The molecule has 5 nitrogen and oxygen atoms in total. The van der Waals surface area contributed by atoms with Crippen LogP contribution in [0.2, 0.25) is 0 Å². The largest absolute Gasteiger partial charge is 0.493 e. The van der Waals surface area contributed by atoms with Crippen LogP contribution in [0, 0.1) is 5.92 Å². The first-order chi connectivity index (χ1) is 17.7. The van der Waals surface area contributed by atoms with Crippen LogP contribution in [0.5, 0.6) is 5.75 Å². The Morgan fingerprint density at radius 3 is 2.44 bits per heavy atom. The lowest BCUT2D eigenvalue weighted by Crippen LogP contribution is -2.21. The number of hydrogen-bond acceptors (Lipinski definition) is 5. The van der Waals surface area contributed by atoms with Crippen LogP contribution in [0.1, 0.15) is 42.5 Å². The van der Waals surface area contributed by atoms with Crippen molar-refractivity contribution in [3.05, 3.63) is 95.7 Å². The molecule has 2 unspecified atom stereocenters. The van der Waals surface area contributed by atoms with Gasteiger partial charge in [-0.3, -0.25) is 4.79 Å². The fourth-order valence-electron chi connectivity index (χ4n) is 5.21. The first kappa shape index (κ1) is 23.9. The van der Waals surface area contributed by atoms with Gasteiger partial charge in [0.05, 0.1) is 25.3 Å². The maximum absolute atomic E-state index is 12.2. The van der Waals surface area contributed by atoms with Gasteiger partial charge in [-0.15, -0.1) is 0 Å². The van der Waals surface area contributed by atoms with Gasteiger partial charge in [0.25, 0.3) is 0 Å². The number of aryl methyl sites for hydroxylation is 1. The molecule has 2 atom stereocenters. The lowest BCUT2D eigenvalue weighted by molar-refractivity contribution is -0.146. The smallest absolute Gasteiger partial charge is 0.309 e. The second-order valence-corrected chi connectivity index (χ2v) is 9.17. The highest BCUT2D eigenvalue weighted by atomic mass is 16.5. The predicted octanol–water partition coefficient (Wildman–Crippen LogP) is 6.86. The summed E-state index contributed by atoms with van der Waals surface area (Å²) in [6.45, 7) is 2.54. The molecule has 1 aromatic heterocycles. The van der Waals surface area contributed by atoms with Gasteiger partial charge < -0.3 is 13.9 Å². The summed E-state index contributed by atoms with van der Waals surface area (Å²) >= 11 is 0. The number of ether oxygens (including phenoxy) is 2. The van der Waals surface area contributed by atoms with Gasteiger partial charge in [0.15, 0.2) is 5.76 Å². The van der Waals surface area contributed by atoms with Crippen molar-refractivity contribution < 1.29 is 18.7 Å². The summed E-state index contributed by atoms with van der Waals surface area (Å²) in [6.07, 6.45) is 3.32. The van der Waals surface area contributed by atoms with Crippen LogP contribution >= 0.6 is 0 Å². The quantitative estimate of drug-likeness (QED) is 0.244. The predicted molar refractivity (Wildman–Crippen MR) is 140 cm³/mol. The van der Waals surface area contributed by atoms with Crippen molar-refractivity contribution >= 4 is 5.97 Å². The summed E-state index contributed by atoms with van der Waals surface area (Å²) in [5, 5.41) is 0. The Kier molecular flexibility index (Phi) is 7.17. The third-order valence-corrected chi connectivity index (χ3v) is 7.03. The summed E-state index contributed by atoms with van der Waals surface area (Å²) in [4.78, 5) is 17.1. The zero-order chi connectivity index (χ0) is 24.9. The number of nitrogens with zero attached hydrogens (tertiary/aromatic N) is 1. The molecule has 0 saturated carbocycles. The highest BCUT2D eigenvalue weighted by molar-refractivity contribution is 5.74. The minimum Gasteiger partial charge on any atom is -0.493 e. The number of carbonyl (C=O) groups excluding carboxylic acids is 1. The van der Waals surface area contributed by atoms with E-state index in [1.54, 1.807) is 0 Å². The number of carbonyl (C=O) groups is 1. The Labute approximate surface area is 212 Å². The number of esters is 1. The van der Waals surface area contributed by atoms with Crippen LogP contribution in [0.25, 0.3) is 22.8 Å². The van der Waals surface area contributed by atoms with Crippen LogP contribution in [0.3, 0.4) is 0 Å². The van der Waals surface area contributed by atoms with E-state index in [9.17, 15) is 4.79 Å². The number of hydrogen-bond donors (Lipinski definition) is 0. The molecule has 0 radical (unpaired) electrons. The van der Waals surface area contributed by atoms with Gasteiger partial charge in [0, 0.05) is 17.5 Å². The normalized spacial score (nSPS) is 15.3. The first-order valence-corrected chi connectivity index (χ1v) is 12.6. The summed E-state index contributed by atoms with van der Waals surface area (Å²) < 4.78 is 17.4. The van der Waals surface area contributed by atoms with Crippen LogP contribution in [0.15, 0.2) is 83.3 Å². The molecule has 0 aliphatic heterocycles. The Morgan fingerprint density at radius 2 is 1.75 bits per heavy atom. The third kappa shape index (κ3) is 4.92. The summed E-state index contributed by atoms with van der Waals surface area (Å²) in [6, 6.07) is 26.3. The molecular weight excluding hydrogens is 450 g/mol. The lowest BCUT2D eigenvalue weighted by Gasteiger charge is -2.21. The van der Waals surface area contributed by atoms with Crippen LogP contribution < -0.4 is 4.74 Å². The van der Waals surface area contributed by atoms with Gasteiger partial charge in [-0.25, -0.2) is 4.98 Å². The molecule has 36 heavy (non-hydrogen) atoms. The monoisotopic (exact) mass is 481 g/mol. The molecule has 1 heterocycles. The van der Waals surface area contributed by atoms with Gasteiger partial charge in [-0.2, -0.15) is 0 Å². The fraction of sp³-hybridized carbons (Fsp3) is 0.290. The van der Waals surface area contributed by atoms with Crippen molar-refractivity contribution in [2.24, 2.45) is 5.92 Å². The molecule has 0 bridgehead atoms. The van der Waals surface area contributed by atoms with Gasteiger partial charge in [0.2, 0.25) is 5.89 Å². The molecule has 0 amide bonds. The molecule has 1 aliphatic carbocycles. The highest BCUT2D eigenvalue weighted by Crippen LogP contribution is 2.41. The zero-order valence-electron chi connectivity index (χ0n) is 20.8. The summed E-state index contributed by atoms with van der Waals surface area (Å²) in [5.41, 5.74) is 5.34. The molecule has 184 valence electrons. The Morgan fingerprint density at radius 1 is 1.03 bits per heavy atom. The molecule has 3 aromatic carbocycles. The lowest BCUT2D eigenvalue weighted by atomic mass is 9.85. The topological polar surface area (TPSA) is 61.6 Å². The second kappa shape index (κ2) is 10.8. The van der Waals surface area contributed by atoms with E-state index in [4.69, 9.17) is 18.9 Å². The van der Waals surface area contributed by atoms with Crippen molar-refractivity contribution in [3.8, 4) is 28.5 Å². The molecule has 0 N–H and O–H groups in total. The third-order valence-electron chi connectivity index (χ3n) is 7.03. The van der Waals surface area contributed by atoms with E-state index in [1.165, 1.54) is 18.2 Å². The van der Waals surface area contributed by atoms with Crippen molar-refractivity contribution in [3.63, 3.8) is 0 Å². The van der Waals surface area contributed by atoms with Crippen LogP contribution in [-0.4, -0.2) is 24.7 Å². The number of rotatable bonds is 9. The number of fused-ring (bicyclic) bond motifs is 1. The van der Waals surface area contributed by atoms with Crippen LogP contribution in [0.4, 0.5) is 0 Å². The minimum atomic E-state index is -0.118. The number of aromatic nitrogens is 1. The standard InChI is InChI=1S/C31H31NO4/c1-3-25(31(33)34-2)27-16-14-23-20-24(15-17-26(23)27)35-19-18-28-29(21-10-6-4-7-11-21)36-30(32-28)22-12-8-5-9-13-22/h4-13,15,17,20,25,27H,3,14,16,18-19H2,1-2H3. The van der Waals surface area contributed by atoms with E-state index in [0.717, 1.165) is 47.6 Å². The Balaban J connectivity index is 1.31. The molecular formula is C31H31NO4. The average molecular weight is 482 g/mol.